The van der Waals surface area contributed by atoms with Crippen LogP contribution in [0.1, 0.15) is 11.4 Å². The van der Waals surface area contributed by atoms with Crippen LogP contribution in [0.2, 0.25) is 5.02 Å². The molecule has 0 aliphatic carbocycles. The lowest BCUT2D eigenvalue weighted by Gasteiger charge is -2.27. The summed E-state index contributed by atoms with van der Waals surface area (Å²) in [6, 6.07) is 9.25. The standard InChI is InChI=1S/C29H26ClN7O3/c1-18-24(38-3)14-25(39-4)28(30)29(18)37(12-6-7-26-31-11-10-27(35-26)40-5)20-8-9-21-22(13-20)34-23(16-32-21)19-15-33-36(2)17-19/h8-11,13-17H,12H2,1-5H3. The van der Waals surface area contributed by atoms with Gasteiger partial charge in [0.25, 0.3) is 0 Å². The average molecular weight is 556 g/mol. The summed E-state index contributed by atoms with van der Waals surface area (Å²) < 4.78 is 18.1. The van der Waals surface area contributed by atoms with Crippen molar-refractivity contribution in [2.45, 2.75) is 6.92 Å². The van der Waals surface area contributed by atoms with Crippen molar-refractivity contribution in [3.05, 3.63) is 71.5 Å². The molecule has 2 aromatic carbocycles. The second-order valence-corrected chi connectivity index (χ2v) is 9.09. The highest BCUT2D eigenvalue weighted by Gasteiger charge is 2.22. The van der Waals surface area contributed by atoms with Crippen molar-refractivity contribution in [3.63, 3.8) is 0 Å². The van der Waals surface area contributed by atoms with Gasteiger partial charge in [-0.3, -0.25) is 9.67 Å². The third-order valence-corrected chi connectivity index (χ3v) is 6.60. The van der Waals surface area contributed by atoms with Gasteiger partial charge in [-0.25, -0.2) is 9.97 Å². The molecule has 0 N–H and O–H groups in total. The number of anilines is 2. The van der Waals surface area contributed by atoms with Gasteiger partial charge in [-0.2, -0.15) is 10.1 Å². The molecule has 40 heavy (non-hydrogen) atoms. The second-order valence-electron chi connectivity index (χ2n) is 8.71. The quantitative estimate of drug-likeness (QED) is 0.257. The van der Waals surface area contributed by atoms with E-state index in [1.165, 1.54) is 0 Å². The Balaban J connectivity index is 1.64. The van der Waals surface area contributed by atoms with Crippen LogP contribution in [0.3, 0.4) is 0 Å². The fraction of sp³-hybridized carbons (Fsp3) is 0.207. The lowest BCUT2D eigenvalue weighted by molar-refractivity contribution is 0.392. The second kappa shape index (κ2) is 11.5. The Morgan fingerprint density at radius 2 is 1.77 bits per heavy atom. The van der Waals surface area contributed by atoms with Crippen LogP contribution in [0.5, 0.6) is 17.4 Å². The predicted octanol–water partition coefficient (Wildman–Crippen LogP) is 5.00. The summed E-state index contributed by atoms with van der Waals surface area (Å²) in [5.41, 5.74) is 5.36. The van der Waals surface area contributed by atoms with Crippen LogP contribution < -0.4 is 19.1 Å². The number of benzene rings is 2. The Hall–Kier alpha value is -4.88. The number of nitrogens with zero attached hydrogens (tertiary/aromatic N) is 7. The molecule has 10 nitrogen and oxygen atoms in total. The number of ether oxygens (including phenoxy) is 3. The molecule has 11 heteroatoms. The number of hydrogen-bond donors (Lipinski definition) is 0. The molecule has 0 aliphatic heterocycles. The largest absolute Gasteiger partial charge is 0.496 e. The monoisotopic (exact) mass is 555 g/mol. The Labute approximate surface area is 236 Å². The molecule has 0 amide bonds. The maximum absolute atomic E-state index is 6.90. The minimum Gasteiger partial charge on any atom is -0.496 e. The van der Waals surface area contributed by atoms with Gasteiger partial charge in [-0.15, -0.1) is 0 Å². The van der Waals surface area contributed by atoms with Gasteiger partial charge >= 0.3 is 0 Å². The van der Waals surface area contributed by atoms with Crippen molar-refractivity contribution >= 4 is 34.0 Å². The van der Waals surface area contributed by atoms with Gasteiger partial charge < -0.3 is 19.1 Å². The van der Waals surface area contributed by atoms with Crippen LogP contribution in [0.15, 0.2) is 55.1 Å². The number of rotatable bonds is 7. The molecule has 0 atom stereocenters. The SMILES string of the molecule is COc1ccnc(C#CCN(c2ccc3ncc(-c4cnn(C)c4)nc3c2)c2c(C)c(OC)cc(OC)c2Cl)n1. The molecule has 3 aromatic heterocycles. The first-order chi connectivity index (χ1) is 19.4. The van der Waals surface area contributed by atoms with Crippen molar-refractivity contribution < 1.29 is 14.2 Å². The fourth-order valence-corrected chi connectivity index (χ4v) is 4.62. The third kappa shape index (κ3) is 5.32. The van der Waals surface area contributed by atoms with Crippen molar-refractivity contribution in [2.24, 2.45) is 7.05 Å². The zero-order valence-electron chi connectivity index (χ0n) is 22.6. The van der Waals surface area contributed by atoms with Crippen LogP contribution >= 0.6 is 11.6 Å². The molecule has 3 heterocycles. The maximum Gasteiger partial charge on any atom is 0.217 e. The molecule has 0 unspecified atom stereocenters. The van der Waals surface area contributed by atoms with Gasteiger partial charge in [-0.05, 0) is 31.0 Å². The molecule has 0 spiro atoms. The van der Waals surface area contributed by atoms with E-state index in [0.29, 0.717) is 39.4 Å². The van der Waals surface area contributed by atoms with Crippen molar-refractivity contribution in [3.8, 4) is 40.5 Å². The molecule has 0 aliphatic rings. The van der Waals surface area contributed by atoms with Crippen molar-refractivity contribution in [1.82, 2.24) is 29.7 Å². The van der Waals surface area contributed by atoms with E-state index in [9.17, 15) is 0 Å². The van der Waals surface area contributed by atoms with E-state index >= 15 is 0 Å². The smallest absolute Gasteiger partial charge is 0.217 e. The summed E-state index contributed by atoms with van der Waals surface area (Å²) in [6.07, 6.45) is 7.00. The Kier molecular flexibility index (Phi) is 7.66. The van der Waals surface area contributed by atoms with E-state index in [1.54, 1.807) is 56.7 Å². The molecule has 0 saturated heterocycles. The third-order valence-electron chi connectivity index (χ3n) is 6.24. The van der Waals surface area contributed by atoms with Crippen molar-refractivity contribution in [2.75, 3.05) is 32.8 Å². The van der Waals surface area contributed by atoms with E-state index in [4.69, 9.17) is 30.8 Å². The Morgan fingerprint density at radius 3 is 2.50 bits per heavy atom. The molecule has 0 radical (unpaired) electrons. The molecule has 5 rings (SSSR count). The zero-order chi connectivity index (χ0) is 28.2. The first-order valence-corrected chi connectivity index (χ1v) is 12.6. The Morgan fingerprint density at radius 1 is 0.950 bits per heavy atom. The fourth-order valence-electron chi connectivity index (χ4n) is 4.24. The molecule has 0 bridgehead atoms. The lowest BCUT2D eigenvalue weighted by Crippen LogP contribution is -2.19. The van der Waals surface area contributed by atoms with E-state index in [-0.39, 0.29) is 6.54 Å². The van der Waals surface area contributed by atoms with Gasteiger partial charge in [0, 0.05) is 48.4 Å². The topological polar surface area (TPSA) is 100 Å². The number of aromatic nitrogens is 6. The summed E-state index contributed by atoms with van der Waals surface area (Å²) in [5, 5.41) is 4.68. The molecular formula is C29H26ClN7O3. The molecular weight excluding hydrogens is 530 g/mol. The van der Waals surface area contributed by atoms with Gasteiger partial charge in [0.2, 0.25) is 11.7 Å². The van der Waals surface area contributed by atoms with Gasteiger partial charge in [0.1, 0.15) is 16.5 Å². The zero-order valence-corrected chi connectivity index (χ0v) is 23.4. The van der Waals surface area contributed by atoms with Crippen LogP contribution in [0.25, 0.3) is 22.3 Å². The maximum atomic E-state index is 6.90. The highest BCUT2D eigenvalue weighted by atomic mass is 35.5. The van der Waals surface area contributed by atoms with Crippen LogP contribution in [0.4, 0.5) is 11.4 Å². The lowest BCUT2D eigenvalue weighted by atomic mass is 10.1. The van der Waals surface area contributed by atoms with Crippen molar-refractivity contribution in [1.29, 1.82) is 0 Å². The van der Waals surface area contributed by atoms with Crippen LogP contribution in [0, 0.1) is 18.8 Å². The van der Waals surface area contributed by atoms with E-state index in [1.807, 2.05) is 43.3 Å². The normalized spacial score (nSPS) is 10.7. The number of halogens is 1. The molecule has 202 valence electrons. The highest BCUT2D eigenvalue weighted by molar-refractivity contribution is 6.35. The summed E-state index contributed by atoms with van der Waals surface area (Å²) in [6.45, 7) is 2.19. The Bertz CT molecular complexity index is 1730. The highest BCUT2D eigenvalue weighted by Crippen LogP contribution is 2.45. The minimum absolute atomic E-state index is 0.249. The van der Waals surface area contributed by atoms with Crippen LogP contribution in [-0.4, -0.2) is 57.6 Å². The van der Waals surface area contributed by atoms with Crippen LogP contribution in [-0.2, 0) is 7.05 Å². The summed E-state index contributed by atoms with van der Waals surface area (Å²) in [5.74, 6) is 8.08. The first-order valence-electron chi connectivity index (χ1n) is 12.2. The molecule has 0 saturated carbocycles. The number of fused-ring (bicyclic) bond motifs is 1. The van der Waals surface area contributed by atoms with E-state index in [2.05, 4.69) is 31.9 Å². The van der Waals surface area contributed by atoms with Gasteiger partial charge in [0.05, 0.1) is 62.7 Å². The molecule has 0 fully saturated rings. The number of methoxy groups -OCH3 is 3. The predicted molar refractivity (Wildman–Crippen MR) is 154 cm³/mol. The summed E-state index contributed by atoms with van der Waals surface area (Å²) >= 11 is 6.90. The first kappa shape index (κ1) is 26.7. The van der Waals surface area contributed by atoms with E-state index in [0.717, 1.165) is 28.0 Å². The summed E-state index contributed by atoms with van der Waals surface area (Å²) in [7, 11) is 6.58. The number of aryl methyl sites for hydroxylation is 1. The van der Waals surface area contributed by atoms with E-state index < -0.39 is 0 Å². The minimum atomic E-state index is 0.249. The summed E-state index contributed by atoms with van der Waals surface area (Å²) in [4.78, 5) is 20.0. The average Bonchev–Trinajstić information content (AvgIpc) is 3.42. The molecule has 5 aromatic rings. The van der Waals surface area contributed by atoms with Gasteiger partial charge in [-0.1, -0.05) is 17.5 Å². The number of hydrogen-bond acceptors (Lipinski definition) is 9. The van der Waals surface area contributed by atoms with Gasteiger partial charge in [0.15, 0.2) is 0 Å².